The van der Waals surface area contributed by atoms with Crippen LogP contribution in [0.3, 0.4) is 0 Å². The predicted molar refractivity (Wildman–Crippen MR) is 363 cm³/mol. The first-order valence-corrected chi connectivity index (χ1v) is 30.7. The number of hydrogen-bond acceptors (Lipinski definition) is 11. The minimum Gasteiger partial charge on any atom is -0.481 e. The van der Waals surface area contributed by atoms with Crippen LogP contribution in [0.5, 0.6) is 0 Å². The number of carboxylic acid groups (broad SMARTS) is 1. The molecule has 86 heavy (non-hydrogen) atoms. The third kappa shape index (κ3) is 21.6. The second-order valence-corrected chi connectivity index (χ2v) is 28.8. The Morgan fingerprint density at radius 3 is 0.779 bits per heavy atom. The molecule has 0 heterocycles. The fourth-order valence-corrected chi connectivity index (χ4v) is 17.6. The standard InChI is InChI=1S/2C14H24O2.2C13H22O3.C10H16O2.10CH4/c2*1-8-9(2)11-6-10(8)7-12(11)13(15)16-14(3,4)5;2*1-4-15-13(14)16-7-11-5-10-6-12(11)9(3)8(10)2;1-5-6(2)8-3-7(5)4-9(8)10(11)12;;;;;;;;;;/h2*8-12H,6-7H2,1-5H3;2*8-12H,4-7H2,1-3H3;5-9H,3-4H2,1-2H3,(H,11,12);10*1H4. The fourth-order valence-electron chi connectivity index (χ4n) is 17.6. The average molecular weight is 1230 g/mol. The van der Waals surface area contributed by atoms with Gasteiger partial charge in [0.1, 0.15) is 11.2 Å². The SMILES string of the molecule is C.C.C.C.C.C.C.C.C.C.CC1C2CC(C(=O)O)C(C2)C1C.CC1C2CC(C(=O)OC(C)(C)C)C(C2)C1C.CC1C2CC(C(=O)OC(C)(C)C)C(C2)C1C.CCOC(=O)OCC1CC2CC1C(C)C2C.CCOC(=O)OCC1CC2CC1C(C)C2C. The highest BCUT2D eigenvalue weighted by Crippen LogP contribution is 2.59. The van der Waals surface area contributed by atoms with E-state index in [1.165, 1.54) is 44.9 Å². The van der Waals surface area contributed by atoms with Crippen LogP contribution in [-0.2, 0) is 42.8 Å². The number of ether oxygens (including phenoxy) is 6. The number of esters is 2. The summed E-state index contributed by atoms with van der Waals surface area (Å²) in [5.41, 5.74) is -0.679. The molecule has 0 aromatic carbocycles. The highest BCUT2D eigenvalue weighted by Gasteiger charge is 2.55. The van der Waals surface area contributed by atoms with Gasteiger partial charge in [-0.2, -0.15) is 0 Å². The Balaban J connectivity index is -0.000000310. The van der Waals surface area contributed by atoms with Gasteiger partial charge in [0, 0.05) is 0 Å². The summed E-state index contributed by atoms with van der Waals surface area (Å²) in [6.07, 6.45) is 10.8. The first-order valence-electron chi connectivity index (χ1n) is 30.7. The fraction of sp³-hybridized carbons (Fsp3) is 0.932. The molecule has 0 aromatic rings. The molecule has 25 unspecified atom stereocenters. The molecule has 12 nitrogen and oxygen atoms in total. The van der Waals surface area contributed by atoms with Gasteiger partial charge < -0.3 is 33.5 Å². The van der Waals surface area contributed by atoms with Gasteiger partial charge in [0.15, 0.2) is 0 Å². The van der Waals surface area contributed by atoms with E-state index in [2.05, 4.69) is 69.2 Å². The summed E-state index contributed by atoms with van der Waals surface area (Å²) < 4.78 is 30.9. The van der Waals surface area contributed by atoms with Crippen molar-refractivity contribution in [2.75, 3.05) is 26.4 Å². The van der Waals surface area contributed by atoms with Crippen molar-refractivity contribution in [1.82, 2.24) is 0 Å². The first-order chi connectivity index (χ1) is 35.5. The second kappa shape index (κ2) is 38.0. The van der Waals surface area contributed by atoms with Crippen molar-refractivity contribution in [1.29, 1.82) is 0 Å². The number of carbonyl (C=O) groups is 5. The molecule has 0 radical (unpaired) electrons. The van der Waals surface area contributed by atoms with Crippen LogP contribution in [0.4, 0.5) is 9.59 Å². The van der Waals surface area contributed by atoms with Gasteiger partial charge in [-0.25, -0.2) is 9.59 Å². The maximum absolute atomic E-state index is 12.1. The normalized spacial score (nSPS) is 38.2. The summed E-state index contributed by atoms with van der Waals surface area (Å²) in [7, 11) is 0. The lowest BCUT2D eigenvalue weighted by Crippen LogP contribution is -2.35. The van der Waals surface area contributed by atoms with Crippen LogP contribution in [0, 0.1) is 148 Å². The summed E-state index contributed by atoms with van der Waals surface area (Å²) in [4.78, 5) is 57.2. The molecule has 516 valence electrons. The van der Waals surface area contributed by atoms with E-state index in [9.17, 15) is 24.0 Å². The summed E-state index contributed by atoms with van der Waals surface area (Å²) in [6.45, 7) is 40.3. The van der Waals surface area contributed by atoms with Crippen LogP contribution in [0.1, 0.15) is 263 Å². The highest BCUT2D eigenvalue weighted by atomic mass is 16.7. The van der Waals surface area contributed by atoms with Crippen LogP contribution >= 0.6 is 0 Å². The lowest BCUT2D eigenvalue weighted by molar-refractivity contribution is -0.164. The smallest absolute Gasteiger partial charge is 0.481 e. The molecular weight excluding hydrogens is 1080 g/mol. The topological polar surface area (TPSA) is 161 Å². The van der Waals surface area contributed by atoms with Gasteiger partial charge in [-0.05, 0) is 250 Å². The van der Waals surface area contributed by atoms with Crippen molar-refractivity contribution in [3.05, 3.63) is 0 Å². The summed E-state index contributed by atoms with van der Waals surface area (Å²) in [6, 6.07) is 0. The van der Waals surface area contributed by atoms with Crippen molar-refractivity contribution >= 4 is 30.2 Å². The average Bonchev–Trinajstić information content (AvgIpc) is 4.22. The van der Waals surface area contributed by atoms with Crippen molar-refractivity contribution in [3.8, 4) is 0 Å². The van der Waals surface area contributed by atoms with E-state index in [-0.39, 0.29) is 115 Å². The zero-order valence-corrected chi connectivity index (χ0v) is 50.8. The quantitative estimate of drug-likeness (QED) is 0.172. The third-order valence-electron chi connectivity index (χ3n) is 22.8. The van der Waals surface area contributed by atoms with Crippen molar-refractivity contribution in [2.24, 2.45) is 148 Å². The zero-order valence-electron chi connectivity index (χ0n) is 50.8. The predicted octanol–water partition coefficient (Wildman–Crippen LogP) is 21.0. The third-order valence-corrected chi connectivity index (χ3v) is 22.8. The van der Waals surface area contributed by atoms with E-state index in [1.807, 2.05) is 41.5 Å². The number of carboxylic acids is 1. The molecule has 10 aliphatic carbocycles. The minimum absolute atomic E-state index is 0. The van der Waals surface area contributed by atoms with Crippen LogP contribution in [0.15, 0.2) is 0 Å². The monoisotopic (exact) mass is 1230 g/mol. The van der Waals surface area contributed by atoms with Crippen LogP contribution in [-0.4, -0.2) is 73.0 Å². The molecule has 10 rings (SSSR count). The van der Waals surface area contributed by atoms with Gasteiger partial charge in [-0.3, -0.25) is 14.4 Å². The lowest BCUT2D eigenvalue weighted by atomic mass is 9.76. The van der Waals surface area contributed by atoms with Gasteiger partial charge in [-0.1, -0.05) is 144 Å². The first kappa shape index (κ1) is 91.7. The number of fused-ring (bicyclic) bond motifs is 10. The number of hydrogen-bond donors (Lipinski definition) is 1. The Hall–Kier alpha value is -3.05. The molecule has 0 amide bonds. The molecule has 10 bridgehead atoms. The van der Waals surface area contributed by atoms with Crippen molar-refractivity contribution in [3.63, 3.8) is 0 Å². The summed E-state index contributed by atoms with van der Waals surface area (Å²) >= 11 is 0. The number of aliphatic carboxylic acids is 1. The molecule has 0 spiro atoms. The van der Waals surface area contributed by atoms with Crippen molar-refractivity contribution in [2.45, 2.75) is 274 Å². The Morgan fingerprint density at radius 1 is 0.337 bits per heavy atom. The van der Waals surface area contributed by atoms with E-state index in [1.54, 1.807) is 13.8 Å². The molecule has 12 heteroatoms. The van der Waals surface area contributed by atoms with E-state index < -0.39 is 18.3 Å². The van der Waals surface area contributed by atoms with E-state index >= 15 is 0 Å². The van der Waals surface area contributed by atoms with Crippen LogP contribution in [0.2, 0.25) is 0 Å². The maximum Gasteiger partial charge on any atom is 0.508 e. The Labute approximate surface area is 534 Å². The summed E-state index contributed by atoms with van der Waals surface area (Å²) in [5.74, 6) is 15.7. The zero-order chi connectivity index (χ0) is 56.5. The lowest BCUT2D eigenvalue weighted by Gasteiger charge is -2.32. The maximum atomic E-state index is 12.1. The molecule has 0 saturated heterocycles. The van der Waals surface area contributed by atoms with Gasteiger partial charge in [-0.15, -0.1) is 0 Å². The number of rotatable bonds is 9. The minimum atomic E-state index is -0.568. The molecule has 0 aromatic heterocycles. The largest absolute Gasteiger partial charge is 0.508 e. The molecule has 25 atom stereocenters. The van der Waals surface area contributed by atoms with Gasteiger partial charge in [0.2, 0.25) is 0 Å². The molecule has 0 aliphatic heterocycles. The van der Waals surface area contributed by atoms with E-state index in [0.717, 1.165) is 96.2 Å². The van der Waals surface area contributed by atoms with Gasteiger partial charge in [0.25, 0.3) is 0 Å². The Morgan fingerprint density at radius 2 is 0.570 bits per heavy atom. The molecule has 10 fully saturated rings. The number of carbonyl (C=O) groups excluding carboxylic acids is 4. The van der Waals surface area contributed by atoms with Crippen LogP contribution < -0.4 is 0 Å². The molecular formula is C74H148O12. The Kier molecular flexibility index (Phi) is 40.5. The molecule has 10 aliphatic rings. The van der Waals surface area contributed by atoms with Crippen LogP contribution in [0.25, 0.3) is 0 Å². The summed E-state index contributed by atoms with van der Waals surface area (Å²) in [5, 5.41) is 8.94. The second-order valence-electron chi connectivity index (χ2n) is 28.8. The molecule has 10 saturated carbocycles. The van der Waals surface area contributed by atoms with Gasteiger partial charge >= 0.3 is 30.2 Å². The molecule has 1 N–H and O–H groups in total. The van der Waals surface area contributed by atoms with E-state index in [4.69, 9.17) is 33.5 Å². The van der Waals surface area contributed by atoms with E-state index in [0.29, 0.717) is 79.7 Å². The van der Waals surface area contributed by atoms with Crippen molar-refractivity contribution < 1.29 is 57.5 Å². The van der Waals surface area contributed by atoms with Gasteiger partial charge in [0.05, 0.1) is 44.2 Å². The highest BCUT2D eigenvalue weighted by molar-refractivity contribution is 5.74. The Bertz CT molecular complexity index is 1830.